The van der Waals surface area contributed by atoms with E-state index in [1.807, 2.05) is 0 Å². The van der Waals surface area contributed by atoms with Crippen molar-refractivity contribution in [2.24, 2.45) is 0 Å². The molecule has 0 amide bonds. The lowest BCUT2D eigenvalue weighted by molar-refractivity contribution is -0.137. The number of unbranched alkanes of at least 4 members (excludes halogenated alkanes) is 1. The van der Waals surface area contributed by atoms with Gasteiger partial charge in [0.2, 0.25) is 0 Å². The zero-order chi connectivity index (χ0) is 19.8. The summed E-state index contributed by atoms with van der Waals surface area (Å²) in [5.74, 6) is -0.739. The minimum Gasteiger partial charge on any atom is -0.481 e. The molecule has 2 N–H and O–H groups in total. The number of rotatable bonds is 23. The van der Waals surface area contributed by atoms with Crippen molar-refractivity contribution in [3.63, 3.8) is 0 Å². The first-order valence-corrected chi connectivity index (χ1v) is 9.57. The molecular formula is C18H37NO8. The van der Waals surface area contributed by atoms with Gasteiger partial charge in [-0.15, -0.1) is 0 Å². The Morgan fingerprint density at radius 2 is 1.11 bits per heavy atom. The Hall–Kier alpha value is -0.810. The van der Waals surface area contributed by atoms with Gasteiger partial charge in [0, 0.05) is 20.1 Å². The number of methoxy groups -OCH3 is 1. The van der Waals surface area contributed by atoms with Crippen molar-refractivity contribution < 1.29 is 38.3 Å². The fourth-order valence-electron chi connectivity index (χ4n) is 1.92. The fraction of sp³-hybridized carbons (Fsp3) is 0.944. The van der Waals surface area contributed by atoms with Gasteiger partial charge in [0.25, 0.3) is 0 Å². The van der Waals surface area contributed by atoms with E-state index in [2.05, 4.69) is 5.32 Å². The molecule has 0 rings (SSSR count). The monoisotopic (exact) mass is 395 g/mol. The Kier molecular flexibility index (Phi) is 22.5. The largest absolute Gasteiger partial charge is 0.481 e. The molecule has 27 heavy (non-hydrogen) atoms. The van der Waals surface area contributed by atoms with Crippen LogP contribution in [0, 0.1) is 0 Å². The number of hydrogen-bond acceptors (Lipinski definition) is 8. The molecule has 162 valence electrons. The van der Waals surface area contributed by atoms with Crippen molar-refractivity contribution in [1.29, 1.82) is 0 Å². The highest BCUT2D eigenvalue weighted by Gasteiger charge is 1.96. The molecule has 0 aliphatic heterocycles. The standard InChI is InChI=1S/C18H37NO8/c1-22-8-9-24-12-13-26-16-17-27-15-14-25-11-10-23-7-6-19-5-3-2-4-18(20)21/h19H,2-17H2,1H3,(H,20,21). The maximum atomic E-state index is 10.3. The third kappa shape index (κ3) is 25.2. The van der Waals surface area contributed by atoms with E-state index in [0.29, 0.717) is 79.1 Å². The van der Waals surface area contributed by atoms with Crippen LogP contribution in [0.3, 0.4) is 0 Å². The summed E-state index contributed by atoms with van der Waals surface area (Å²) in [5, 5.41) is 11.7. The number of ether oxygens (including phenoxy) is 6. The smallest absolute Gasteiger partial charge is 0.303 e. The average Bonchev–Trinajstić information content (AvgIpc) is 2.65. The van der Waals surface area contributed by atoms with Crippen LogP contribution in [0.15, 0.2) is 0 Å². The number of carbonyl (C=O) groups is 1. The lowest BCUT2D eigenvalue weighted by Gasteiger charge is -2.08. The molecule has 0 aromatic rings. The van der Waals surface area contributed by atoms with Gasteiger partial charge in [-0.2, -0.15) is 0 Å². The van der Waals surface area contributed by atoms with E-state index in [1.54, 1.807) is 7.11 Å². The van der Waals surface area contributed by atoms with E-state index >= 15 is 0 Å². The molecule has 9 heteroatoms. The number of nitrogens with one attached hydrogen (secondary N) is 1. The molecule has 0 aliphatic rings. The topological polar surface area (TPSA) is 105 Å². The molecule has 0 atom stereocenters. The molecule has 9 nitrogen and oxygen atoms in total. The van der Waals surface area contributed by atoms with Crippen LogP contribution >= 0.6 is 0 Å². The van der Waals surface area contributed by atoms with Crippen LogP contribution in [-0.2, 0) is 33.2 Å². The summed E-state index contributed by atoms with van der Waals surface area (Å²) in [4.78, 5) is 10.3. The van der Waals surface area contributed by atoms with E-state index in [-0.39, 0.29) is 6.42 Å². The van der Waals surface area contributed by atoms with Crippen LogP contribution in [0.2, 0.25) is 0 Å². The minimum absolute atomic E-state index is 0.233. The van der Waals surface area contributed by atoms with Gasteiger partial charge in [-0.25, -0.2) is 0 Å². The van der Waals surface area contributed by atoms with Crippen molar-refractivity contribution >= 4 is 5.97 Å². The van der Waals surface area contributed by atoms with Crippen LogP contribution < -0.4 is 5.32 Å². The average molecular weight is 395 g/mol. The van der Waals surface area contributed by atoms with E-state index in [4.69, 9.17) is 33.5 Å². The van der Waals surface area contributed by atoms with Crippen molar-refractivity contribution in [3.8, 4) is 0 Å². The molecule has 0 aromatic heterocycles. The number of aliphatic carboxylic acids is 1. The van der Waals surface area contributed by atoms with Crippen molar-refractivity contribution in [2.75, 3.05) is 92.9 Å². The SMILES string of the molecule is COCCOCCOCCOCCOCCOCCNCCCCC(=O)O. The van der Waals surface area contributed by atoms with Crippen molar-refractivity contribution in [1.82, 2.24) is 5.32 Å². The Bertz CT molecular complexity index is 307. The van der Waals surface area contributed by atoms with Gasteiger partial charge >= 0.3 is 5.97 Å². The zero-order valence-corrected chi connectivity index (χ0v) is 16.6. The molecule has 0 aromatic carbocycles. The van der Waals surface area contributed by atoms with Crippen LogP contribution in [0.1, 0.15) is 19.3 Å². The first-order chi connectivity index (χ1) is 13.3. The lowest BCUT2D eigenvalue weighted by Crippen LogP contribution is -2.22. The fourth-order valence-corrected chi connectivity index (χ4v) is 1.92. The molecule has 0 saturated heterocycles. The molecule has 0 radical (unpaired) electrons. The van der Waals surface area contributed by atoms with Crippen LogP contribution in [0.5, 0.6) is 0 Å². The molecular weight excluding hydrogens is 358 g/mol. The highest BCUT2D eigenvalue weighted by molar-refractivity contribution is 5.66. The number of hydrogen-bond donors (Lipinski definition) is 2. The molecule has 0 heterocycles. The zero-order valence-electron chi connectivity index (χ0n) is 16.6. The van der Waals surface area contributed by atoms with Gasteiger partial charge < -0.3 is 38.8 Å². The second-order valence-corrected chi connectivity index (χ2v) is 5.66. The first-order valence-electron chi connectivity index (χ1n) is 9.57. The summed E-state index contributed by atoms with van der Waals surface area (Å²) in [6, 6.07) is 0. The quantitative estimate of drug-likeness (QED) is 0.240. The van der Waals surface area contributed by atoms with E-state index in [9.17, 15) is 4.79 Å². The molecule has 0 saturated carbocycles. The van der Waals surface area contributed by atoms with Crippen LogP contribution in [0.25, 0.3) is 0 Å². The van der Waals surface area contributed by atoms with Gasteiger partial charge in [0.05, 0.1) is 72.7 Å². The highest BCUT2D eigenvalue weighted by Crippen LogP contribution is 1.93. The maximum absolute atomic E-state index is 10.3. The van der Waals surface area contributed by atoms with Gasteiger partial charge in [-0.3, -0.25) is 4.79 Å². The third-order valence-corrected chi connectivity index (χ3v) is 3.34. The molecule has 0 spiro atoms. The van der Waals surface area contributed by atoms with E-state index < -0.39 is 5.97 Å². The van der Waals surface area contributed by atoms with Crippen LogP contribution in [-0.4, -0.2) is 104 Å². The number of carboxylic acid groups (broad SMARTS) is 1. The molecule has 0 aliphatic carbocycles. The Labute approximate surface area is 162 Å². The minimum atomic E-state index is -0.739. The highest BCUT2D eigenvalue weighted by atomic mass is 16.6. The predicted molar refractivity (Wildman–Crippen MR) is 100 cm³/mol. The van der Waals surface area contributed by atoms with Crippen LogP contribution in [0.4, 0.5) is 0 Å². The first kappa shape index (κ1) is 26.2. The van der Waals surface area contributed by atoms with Gasteiger partial charge in [0.15, 0.2) is 0 Å². The summed E-state index contributed by atoms with van der Waals surface area (Å²) >= 11 is 0. The second kappa shape index (κ2) is 23.2. The van der Waals surface area contributed by atoms with Crippen molar-refractivity contribution in [3.05, 3.63) is 0 Å². The summed E-state index contributed by atoms with van der Waals surface area (Å²) in [6.07, 6.45) is 1.80. The molecule has 0 unspecified atom stereocenters. The lowest BCUT2D eigenvalue weighted by atomic mass is 10.2. The normalized spacial score (nSPS) is 11.1. The summed E-state index contributed by atoms with van der Waals surface area (Å²) < 4.78 is 31.7. The third-order valence-electron chi connectivity index (χ3n) is 3.34. The Balaban J connectivity index is 2.98. The van der Waals surface area contributed by atoms with E-state index in [1.165, 1.54) is 0 Å². The number of carboxylic acids is 1. The van der Waals surface area contributed by atoms with E-state index in [0.717, 1.165) is 19.5 Å². The summed E-state index contributed by atoms with van der Waals surface area (Å²) in [5.41, 5.74) is 0. The van der Waals surface area contributed by atoms with Crippen molar-refractivity contribution in [2.45, 2.75) is 19.3 Å². The Morgan fingerprint density at radius 1 is 0.667 bits per heavy atom. The van der Waals surface area contributed by atoms with Gasteiger partial charge in [-0.1, -0.05) is 0 Å². The molecule has 0 bridgehead atoms. The van der Waals surface area contributed by atoms with Gasteiger partial charge in [0.1, 0.15) is 0 Å². The second-order valence-electron chi connectivity index (χ2n) is 5.66. The summed E-state index contributed by atoms with van der Waals surface area (Å²) in [7, 11) is 1.64. The summed E-state index contributed by atoms with van der Waals surface area (Å²) in [6.45, 7) is 7.72. The van der Waals surface area contributed by atoms with Gasteiger partial charge in [-0.05, 0) is 19.4 Å². The molecule has 0 fully saturated rings. The maximum Gasteiger partial charge on any atom is 0.303 e. The Morgan fingerprint density at radius 3 is 1.56 bits per heavy atom. The predicted octanol–water partition coefficient (Wildman–Crippen LogP) is 0.560.